The Balaban J connectivity index is 2.76. The van der Waals surface area contributed by atoms with Gasteiger partial charge < -0.3 is 20.3 Å². The quantitative estimate of drug-likeness (QED) is 0.744. The molecule has 3 N–H and O–H groups in total. The SMILES string of the molecule is CCOC(=O)C(N)Cc1cc(OC)ccc1O. The number of hydrogen-bond donors (Lipinski definition) is 2. The summed E-state index contributed by atoms with van der Waals surface area (Å²) in [6.45, 7) is 2.00. The lowest BCUT2D eigenvalue weighted by Crippen LogP contribution is -2.34. The fraction of sp³-hybridized carbons (Fsp3) is 0.417. The number of phenolic OH excluding ortho intramolecular Hbond substituents is 1. The number of ether oxygens (including phenoxy) is 2. The number of phenols is 1. The van der Waals surface area contributed by atoms with E-state index in [4.69, 9.17) is 15.2 Å². The molecule has 0 amide bonds. The minimum atomic E-state index is -0.784. The van der Waals surface area contributed by atoms with Gasteiger partial charge in [0.1, 0.15) is 17.5 Å². The maximum atomic E-state index is 11.4. The zero-order valence-corrected chi connectivity index (χ0v) is 9.97. The van der Waals surface area contributed by atoms with E-state index in [2.05, 4.69) is 0 Å². The maximum absolute atomic E-state index is 11.4. The first-order valence-corrected chi connectivity index (χ1v) is 5.36. The molecule has 1 aromatic carbocycles. The van der Waals surface area contributed by atoms with Gasteiger partial charge in [-0.25, -0.2) is 0 Å². The molecule has 5 nitrogen and oxygen atoms in total. The maximum Gasteiger partial charge on any atom is 0.323 e. The lowest BCUT2D eigenvalue weighted by molar-refractivity contribution is -0.144. The highest BCUT2D eigenvalue weighted by molar-refractivity contribution is 5.76. The number of carbonyl (C=O) groups is 1. The van der Waals surface area contributed by atoms with E-state index in [0.717, 1.165) is 0 Å². The normalized spacial score (nSPS) is 11.9. The molecule has 5 heteroatoms. The molecule has 0 heterocycles. The first-order valence-electron chi connectivity index (χ1n) is 5.36. The van der Waals surface area contributed by atoms with Crippen molar-refractivity contribution in [1.29, 1.82) is 0 Å². The lowest BCUT2D eigenvalue weighted by Gasteiger charge is -2.12. The third-order valence-corrected chi connectivity index (χ3v) is 2.32. The smallest absolute Gasteiger partial charge is 0.323 e. The summed E-state index contributed by atoms with van der Waals surface area (Å²) in [5.74, 6) is 0.217. The molecule has 0 saturated carbocycles. The van der Waals surface area contributed by atoms with Crippen molar-refractivity contribution in [3.05, 3.63) is 23.8 Å². The van der Waals surface area contributed by atoms with E-state index in [-0.39, 0.29) is 18.8 Å². The van der Waals surface area contributed by atoms with Crippen LogP contribution in [0.4, 0.5) is 0 Å². The largest absolute Gasteiger partial charge is 0.508 e. The van der Waals surface area contributed by atoms with Crippen molar-refractivity contribution in [2.45, 2.75) is 19.4 Å². The molecule has 0 aliphatic rings. The Labute approximate surface area is 100 Å². The predicted molar refractivity (Wildman–Crippen MR) is 63.0 cm³/mol. The van der Waals surface area contributed by atoms with Gasteiger partial charge in [-0.1, -0.05) is 0 Å². The topological polar surface area (TPSA) is 81.8 Å². The van der Waals surface area contributed by atoms with Gasteiger partial charge in [-0.05, 0) is 30.7 Å². The van der Waals surface area contributed by atoms with Crippen LogP contribution in [-0.4, -0.2) is 30.8 Å². The number of rotatable bonds is 5. The van der Waals surface area contributed by atoms with Crippen molar-refractivity contribution in [3.8, 4) is 11.5 Å². The average Bonchev–Trinajstić information content (AvgIpc) is 2.32. The van der Waals surface area contributed by atoms with Crippen LogP contribution in [0.5, 0.6) is 11.5 Å². The van der Waals surface area contributed by atoms with Gasteiger partial charge in [0, 0.05) is 6.42 Å². The monoisotopic (exact) mass is 239 g/mol. The first-order chi connectivity index (χ1) is 8.08. The van der Waals surface area contributed by atoms with Gasteiger partial charge in [-0.2, -0.15) is 0 Å². The molecule has 0 aliphatic carbocycles. The number of nitrogens with two attached hydrogens (primary N) is 1. The number of aromatic hydroxyl groups is 1. The van der Waals surface area contributed by atoms with Crippen molar-refractivity contribution in [1.82, 2.24) is 0 Å². The fourth-order valence-corrected chi connectivity index (χ4v) is 1.42. The zero-order valence-electron chi connectivity index (χ0n) is 9.97. The van der Waals surface area contributed by atoms with Gasteiger partial charge >= 0.3 is 5.97 Å². The molecule has 0 bridgehead atoms. The molecule has 1 atom stereocenters. The van der Waals surface area contributed by atoms with Crippen LogP contribution in [0.2, 0.25) is 0 Å². The van der Waals surface area contributed by atoms with Gasteiger partial charge in [-0.15, -0.1) is 0 Å². The highest BCUT2D eigenvalue weighted by Crippen LogP contribution is 2.23. The van der Waals surface area contributed by atoms with Crippen LogP contribution in [0.1, 0.15) is 12.5 Å². The van der Waals surface area contributed by atoms with E-state index in [1.807, 2.05) is 0 Å². The number of carbonyl (C=O) groups excluding carboxylic acids is 1. The molecule has 0 radical (unpaired) electrons. The average molecular weight is 239 g/mol. The van der Waals surface area contributed by atoms with Crippen molar-refractivity contribution >= 4 is 5.97 Å². The summed E-state index contributed by atoms with van der Waals surface area (Å²) in [6, 6.07) is 4.00. The molecule has 0 aromatic heterocycles. The summed E-state index contributed by atoms with van der Waals surface area (Å²) < 4.78 is 9.83. The Morgan fingerprint density at radius 1 is 1.53 bits per heavy atom. The van der Waals surface area contributed by atoms with E-state index < -0.39 is 12.0 Å². The molecular formula is C12H17NO4. The molecule has 17 heavy (non-hydrogen) atoms. The van der Waals surface area contributed by atoms with Crippen LogP contribution in [-0.2, 0) is 16.0 Å². The predicted octanol–water partition coefficient (Wildman–Crippen LogP) is 0.834. The number of hydrogen-bond acceptors (Lipinski definition) is 5. The Morgan fingerprint density at radius 3 is 2.82 bits per heavy atom. The highest BCUT2D eigenvalue weighted by Gasteiger charge is 2.17. The molecule has 1 aromatic rings. The second-order valence-electron chi connectivity index (χ2n) is 3.56. The zero-order chi connectivity index (χ0) is 12.8. The third-order valence-electron chi connectivity index (χ3n) is 2.32. The van der Waals surface area contributed by atoms with Crippen molar-refractivity contribution in [3.63, 3.8) is 0 Å². The molecule has 1 unspecified atom stereocenters. The van der Waals surface area contributed by atoms with Crippen LogP contribution in [0, 0.1) is 0 Å². The minimum Gasteiger partial charge on any atom is -0.508 e. The van der Waals surface area contributed by atoms with Crippen LogP contribution in [0.3, 0.4) is 0 Å². The number of esters is 1. The summed E-state index contributed by atoms with van der Waals surface area (Å²) in [7, 11) is 1.53. The second-order valence-corrected chi connectivity index (χ2v) is 3.56. The van der Waals surface area contributed by atoms with Crippen molar-refractivity contribution < 1.29 is 19.4 Å². The van der Waals surface area contributed by atoms with Crippen molar-refractivity contribution in [2.24, 2.45) is 5.73 Å². The van der Waals surface area contributed by atoms with E-state index in [1.54, 1.807) is 19.1 Å². The highest BCUT2D eigenvalue weighted by atomic mass is 16.5. The molecular weight excluding hydrogens is 222 g/mol. The van der Waals surface area contributed by atoms with Crippen LogP contribution < -0.4 is 10.5 Å². The Kier molecular flexibility index (Phi) is 4.78. The Hall–Kier alpha value is -1.75. The third kappa shape index (κ3) is 3.64. The summed E-state index contributed by atoms with van der Waals surface area (Å²) in [5.41, 5.74) is 6.23. The molecule has 0 aliphatic heterocycles. The summed E-state index contributed by atoms with van der Waals surface area (Å²) in [5, 5.41) is 9.63. The molecule has 0 fully saturated rings. The van der Waals surface area contributed by atoms with Gasteiger partial charge in [0.2, 0.25) is 0 Å². The summed E-state index contributed by atoms with van der Waals surface area (Å²) in [4.78, 5) is 11.4. The molecule has 1 rings (SSSR count). The van der Waals surface area contributed by atoms with E-state index in [9.17, 15) is 9.90 Å². The van der Waals surface area contributed by atoms with E-state index in [0.29, 0.717) is 11.3 Å². The standard InChI is InChI=1S/C12H17NO4/c1-3-17-12(15)10(13)7-8-6-9(16-2)4-5-11(8)14/h4-6,10,14H,3,7,13H2,1-2H3. The molecule has 0 saturated heterocycles. The minimum absolute atomic E-state index is 0.0885. The van der Waals surface area contributed by atoms with Crippen molar-refractivity contribution in [2.75, 3.05) is 13.7 Å². The second kappa shape index (κ2) is 6.10. The number of methoxy groups -OCH3 is 1. The fourth-order valence-electron chi connectivity index (χ4n) is 1.42. The Bertz CT molecular complexity index is 392. The first kappa shape index (κ1) is 13.3. The number of benzene rings is 1. The lowest BCUT2D eigenvalue weighted by atomic mass is 10.1. The van der Waals surface area contributed by atoms with Gasteiger partial charge in [0.15, 0.2) is 0 Å². The summed E-state index contributed by atoms with van der Waals surface area (Å²) >= 11 is 0. The Morgan fingerprint density at radius 2 is 2.24 bits per heavy atom. The molecule has 0 spiro atoms. The summed E-state index contributed by atoms with van der Waals surface area (Å²) in [6.07, 6.45) is 0.210. The van der Waals surface area contributed by atoms with E-state index in [1.165, 1.54) is 13.2 Å². The van der Waals surface area contributed by atoms with Crippen LogP contribution in [0.15, 0.2) is 18.2 Å². The van der Waals surface area contributed by atoms with Crippen LogP contribution >= 0.6 is 0 Å². The van der Waals surface area contributed by atoms with Gasteiger partial charge in [-0.3, -0.25) is 4.79 Å². The van der Waals surface area contributed by atoms with E-state index >= 15 is 0 Å². The van der Waals surface area contributed by atoms with Gasteiger partial charge in [0.05, 0.1) is 13.7 Å². The van der Waals surface area contributed by atoms with Crippen LogP contribution in [0.25, 0.3) is 0 Å². The van der Waals surface area contributed by atoms with Gasteiger partial charge in [0.25, 0.3) is 0 Å². The molecule has 94 valence electrons.